The Labute approximate surface area is 79.6 Å². The van der Waals surface area contributed by atoms with Crippen molar-refractivity contribution in [3.05, 3.63) is 36.1 Å². The van der Waals surface area contributed by atoms with Crippen LogP contribution in [-0.2, 0) is 0 Å². The van der Waals surface area contributed by atoms with Crippen LogP contribution in [0.25, 0.3) is 0 Å². The minimum absolute atomic E-state index is 0.173. The third-order valence-corrected chi connectivity index (χ3v) is 2.39. The highest BCUT2D eigenvalue weighted by molar-refractivity contribution is 6.02. The second kappa shape index (κ2) is 2.69. The summed E-state index contributed by atoms with van der Waals surface area (Å²) in [6.45, 7) is 6.61. The van der Waals surface area contributed by atoms with Crippen LogP contribution in [0.5, 0.6) is 0 Å². The zero-order valence-electron chi connectivity index (χ0n) is 8.41. The summed E-state index contributed by atoms with van der Waals surface area (Å²) < 4.78 is 0. The van der Waals surface area contributed by atoms with Gasteiger partial charge in [-0.15, -0.1) is 0 Å². The van der Waals surface area contributed by atoms with Crippen LogP contribution in [0.4, 0.5) is 0 Å². The van der Waals surface area contributed by atoms with Gasteiger partial charge in [0.25, 0.3) is 0 Å². The number of hydrogen-bond donors (Lipinski definition) is 0. The van der Waals surface area contributed by atoms with E-state index >= 15 is 0 Å². The summed E-state index contributed by atoms with van der Waals surface area (Å²) in [6, 6.07) is 0. The fraction of sp³-hybridized carbons (Fsp3) is 0.417. The first kappa shape index (κ1) is 8.49. The quantitative estimate of drug-likeness (QED) is 0.533. The molecule has 13 heavy (non-hydrogen) atoms. The molecule has 1 heterocycles. The zero-order chi connectivity index (χ0) is 9.47. The average Bonchev–Trinajstić information content (AvgIpc) is 2.45. The maximum atomic E-state index is 4.62. The summed E-state index contributed by atoms with van der Waals surface area (Å²) in [6.07, 6.45) is 10.7. The van der Waals surface area contributed by atoms with E-state index in [9.17, 15) is 0 Å². The summed E-state index contributed by atoms with van der Waals surface area (Å²) in [5.74, 6) is 0.430. The standard InChI is InChI=1S/C12H15N/c1-12(2,3)11-8-9-6-4-5-7-10(9)13-11/h4-9H,1-3H3. The molecule has 0 amide bonds. The smallest absolute Gasteiger partial charge is 0.0514 e. The van der Waals surface area contributed by atoms with Crippen molar-refractivity contribution in [3.8, 4) is 0 Å². The lowest BCUT2D eigenvalue weighted by molar-refractivity contribution is 0.499. The molecule has 1 nitrogen and oxygen atoms in total. The molecular weight excluding hydrogens is 158 g/mol. The van der Waals surface area contributed by atoms with E-state index in [-0.39, 0.29) is 5.41 Å². The van der Waals surface area contributed by atoms with E-state index in [1.54, 1.807) is 0 Å². The van der Waals surface area contributed by atoms with Gasteiger partial charge in [-0.25, -0.2) is 0 Å². The van der Waals surface area contributed by atoms with Crippen molar-refractivity contribution < 1.29 is 0 Å². The molecule has 68 valence electrons. The Kier molecular flexibility index (Phi) is 1.76. The van der Waals surface area contributed by atoms with Crippen LogP contribution in [-0.4, -0.2) is 5.71 Å². The Morgan fingerprint density at radius 2 is 2.00 bits per heavy atom. The van der Waals surface area contributed by atoms with E-state index < -0.39 is 0 Å². The van der Waals surface area contributed by atoms with E-state index in [0.29, 0.717) is 5.92 Å². The van der Waals surface area contributed by atoms with Gasteiger partial charge in [-0.3, -0.25) is 4.99 Å². The Morgan fingerprint density at radius 3 is 2.62 bits per heavy atom. The van der Waals surface area contributed by atoms with Crippen molar-refractivity contribution in [2.45, 2.75) is 20.8 Å². The van der Waals surface area contributed by atoms with Crippen molar-refractivity contribution in [3.63, 3.8) is 0 Å². The van der Waals surface area contributed by atoms with Crippen molar-refractivity contribution >= 4 is 5.71 Å². The van der Waals surface area contributed by atoms with Gasteiger partial charge in [0.15, 0.2) is 0 Å². The topological polar surface area (TPSA) is 12.4 Å². The first-order chi connectivity index (χ1) is 6.07. The predicted molar refractivity (Wildman–Crippen MR) is 56.7 cm³/mol. The summed E-state index contributed by atoms with van der Waals surface area (Å²) in [4.78, 5) is 4.62. The second-order valence-corrected chi connectivity index (χ2v) is 4.61. The van der Waals surface area contributed by atoms with Gasteiger partial charge < -0.3 is 0 Å². The molecule has 2 rings (SSSR count). The summed E-state index contributed by atoms with van der Waals surface area (Å²) >= 11 is 0. The van der Waals surface area contributed by atoms with Gasteiger partial charge in [0.2, 0.25) is 0 Å². The third-order valence-electron chi connectivity index (χ3n) is 2.39. The lowest BCUT2D eigenvalue weighted by Gasteiger charge is -2.16. The Hall–Kier alpha value is -1.11. The Balaban J connectivity index is 2.33. The Morgan fingerprint density at radius 1 is 1.23 bits per heavy atom. The van der Waals surface area contributed by atoms with E-state index in [1.165, 1.54) is 11.4 Å². The molecule has 1 unspecified atom stereocenters. The molecule has 1 aliphatic heterocycles. The van der Waals surface area contributed by atoms with Gasteiger partial charge in [-0.2, -0.15) is 0 Å². The molecule has 1 atom stereocenters. The molecule has 0 aromatic heterocycles. The number of aliphatic imine (C=N–C) groups is 1. The van der Waals surface area contributed by atoms with Crippen LogP contribution in [0.2, 0.25) is 0 Å². The zero-order valence-corrected chi connectivity index (χ0v) is 8.41. The van der Waals surface area contributed by atoms with Gasteiger partial charge in [0.1, 0.15) is 0 Å². The fourth-order valence-electron chi connectivity index (χ4n) is 1.56. The first-order valence-electron chi connectivity index (χ1n) is 4.73. The fourth-order valence-corrected chi connectivity index (χ4v) is 1.56. The number of allylic oxidation sites excluding steroid dienone is 6. The highest BCUT2D eigenvalue weighted by Crippen LogP contribution is 2.33. The summed E-state index contributed by atoms with van der Waals surface area (Å²) in [7, 11) is 0. The molecule has 2 aliphatic rings. The molecule has 0 N–H and O–H groups in total. The van der Waals surface area contributed by atoms with E-state index in [0.717, 1.165) is 0 Å². The van der Waals surface area contributed by atoms with Gasteiger partial charge in [-0.05, 0) is 12.2 Å². The van der Waals surface area contributed by atoms with Gasteiger partial charge >= 0.3 is 0 Å². The lowest BCUT2D eigenvalue weighted by atomic mass is 9.91. The second-order valence-electron chi connectivity index (χ2n) is 4.61. The minimum Gasteiger partial charge on any atom is -0.257 e. The monoisotopic (exact) mass is 173 g/mol. The van der Waals surface area contributed by atoms with Crippen LogP contribution < -0.4 is 0 Å². The Bertz CT molecular complexity index is 335. The van der Waals surface area contributed by atoms with Crippen molar-refractivity contribution in [1.82, 2.24) is 0 Å². The predicted octanol–water partition coefficient (Wildman–Crippen LogP) is 3.11. The molecule has 1 heteroatoms. The molecular formula is C12H15N. The van der Waals surface area contributed by atoms with Crippen LogP contribution in [0.15, 0.2) is 41.1 Å². The normalized spacial score (nSPS) is 25.6. The lowest BCUT2D eigenvalue weighted by Crippen LogP contribution is -2.06. The molecule has 0 aromatic rings. The highest BCUT2D eigenvalue weighted by atomic mass is 14.8. The molecule has 0 spiro atoms. The van der Waals surface area contributed by atoms with Gasteiger partial charge in [0.05, 0.1) is 5.71 Å². The van der Waals surface area contributed by atoms with Crippen molar-refractivity contribution in [1.29, 1.82) is 0 Å². The first-order valence-corrected chi connectivity index (χ1v) is 4.73. The van der Waals surface area contributed by atoms with Crippen molar-refractivity contribution in [2.24, 2.45) is 16.3 Å². The maximum absolute atomic E-state index is 4.62. The SMILES string of the molecule is CC(C)(C)C1=CC2C=CC=CC2=N1. The van der Waals surface area contributed by atoms with Gasteiger partial charge in [0, 0.05) is 17.0 Å². The highest BCUT2D eigenvalue weighted by Gasteiger charge is 2.25. The molecule has 0 fully saturated rings. The summed E-state index contributed by atoms with van der Waals surface area (Å²) in [5, 5.41) is 0. The summed E-state index contributed by atoms with van der Waals surface area (Å²) in [5.41, 5.74) is 2.57. The average molecular weight is 173 g/mol. The molecule has 0 bridgehead atoms. The molecule has 0 saturated carbocycles. The van der Waals surface area contributed by atoms with E-state index in [1.807, 2.05) is 0 Å². The van der Waals surface area contributed by atoms with Crippen LogP contribution in [0.1, 0.15) is 20.8 Å². The van der Waals surface area contributed by atoms with E-state index in [2.05, 4.69) is 56.1 Å². The molecule has 1 aliphatic carbocycles. The number of hydrogen-bond acceptors (Lipinski definition) is 1. The number of fused-ring (bicyclic) bond motifs is 1. The van der Waals surface area contributed by atoms with Gasteiger partial charge in [-0.1, -0.05) is 39.0 Å². The molecule has 0 saturated heterocycles. The maximum Gasteiger partial charge on any atom is 0.0514 e. The number of rotatable bonds is 0. The largest absolute Gasteiger partial charge is 0.257 e. The number of nitrogens with zero attached hydrogens (tertiary/aromatic N) is 1. The molecule has 0 radical (unpaired) electrons. The van der Waals surface area contributed by atoms with Crippen LogP contribution in [0.3, 0.4) is 0 Å². The third kappa shape index (κ3) is 1.51. The van der Waals surface area contributed by atoms with Crippen LogP contribution >= 0.6 is 0 Å². The van der Waals surface area contributed by atoms with Crippen LogP contribution in [0, 0.1) is 11.3 Å². The minimum atomic E-state index is 0.173. The molecule has 0 aromatic carbocycles. The van der Waals surface area contributed by atoms with Crippen molar-refractivity contribution in [2.75, 3.05) is 0 Å². The van der Waals surface area contributed by atoms with E-state index in [4.69, 9.17) is 0 Å².